The molecule has 6 heteroatoms. The molecule has 0 fully saturated rings. The first-order valence-electron chi connectivity index (χ1n) is 6.45. The van der Waals surface area contributed by atoms with Crippen molar-refractivity contribution in [2.75, 3.05) is 0 Å². The fourth-order valence-electron chi connectivity index (χ4n) is 2.02. The molecule has 2 heterocycles. The van der Waals surface area contributed by atoms with Crippen molar-refractivity contribution in [3.63, 3.8) is 0 Å². The minimum Gasteiger partial charge on any atom is -0.272 e. The van der Waals surface area contributed by atoms with Crippen LogP contribution in [0.2, 0.25) is 0 Å². The van der Waals surface area contributed by atoms with Crippen LogP contribution in [0, 0.1) is 6.92 Å². The molecule has 0 saturated carbocycles. The maximum Gasteiger partial charge on any atom is 0.272 e. The summed E-state index contributed by atoms with van der Waals surface area (Å²) in [5.41, 5.74) is 5.09. The number of benzene rings is 1. The van der Waals surface area contributed by atoms with Crippen LogP contribution in [0.5, 0.6) is 0 Å². The van der Waals surface area contributed by atoms with Crippen LogP contribution in [0.15, 0.2) is 40.9 Å². The molecule has 0 aliphatic rings. The Morgan fingerprint density at radius 1 is 1.43 bits per heavy atom. The van der Waals surface area contributed by atoms with Gasteiger partial charge in [0, 0.05) is 33.8 Å². The molecule has 0 spiro atoms. The van der Waals surface area contributed by atoms with Gasteiger partial charge in [-0.15, -0.1) is 11.3 Å². The number of carbonyl (C=O) groups is 1. The summed E-state index contributed by atoms with van der Waals surface area (Å²) in [6.45, 7) is 1.95. The van der Waals surface area contributed by atoms with Crippen molar-refractivity contribution in [3.8, 4) is 0 Å². The Kier molecular flexibility index (Phi) is 3.53. The van der Waals surface area contributed by atoms with Crippen molar-refractivity contribution in [3.05, 3.63) is 52.7 Å². The summed E-state index contributed by atoms with van der Waals surface area (Å²) in [5, 5.41) is 10.9. The van der Waals surface area contributed by atoms with Gasteiger partial charge in [-0.05, 0) is 13.0 Å². The van der Waals surface area contributed by atoms with Crippen LogP contribution >= 0.6 is 11.3 Å². The zero-order valence-corrected chi connectivity index (χ0v) is 12.5. The van der Waals surface area contributed by atoms with Crippen LogP contribution in [0.1, 0.15) is 21.6 Å². The SMILES string of the molecule is Cc1c(/C=N/NC(=O)c2csc3ccccc23)cnn1C. The Bertz CT molecular complexity index is 831. The molecule has 21 heavy (non-hydrogen) atoms. The van der Waals surface area contributed by atoms with Gasteiger partial charge in [0.25, 0.3) is 5.91 Å². The van der Waals surface area contributed by atoms with Gasteiger partial charge in [0.1, 0.15) is 0 Å². The lowest BCUT2D eigenvalue weighted by atomic mass is 10.2. The zero-order valence-electron chi connectivity index (χ0n) is 11.7. The van der Waals surface area contributed by atoms with Crippen molar-refractivity contribution in [2.24, 2.45) is 12.1 Å². The Labute approximate surface area is 125 Å². The van der Waals surface area contributed by atoms with E-state index in [1.807, 2.05) is 43.6 Å². The van der Waals surface area contributed by atoms with Gasteiger partial charge in [0.05, 0.1) is 18.0 Å². The minimum absolute atomic E-state index is 0.203. The highest BCUT2D eigenvalue weighted by Crippen LogP contribution is 2.25. The maximum absolute atomic E-state index is 12.2. The lowest BCUT2D eigenvalue weighted by molar-refractivity contribution is 0.0957. The van der Waals surface area contributed by atoms with Gasteiger partial charge >= 0.3 is 0 Å². The van der Waals surface area contributed by atoms with E-state index in [0.29, 0.717) is 5.56 Å². The standard InChI is InChI=1S/C15H14N4OS/c1-10-11(8-17-19(10)2)7-16-18-15(20)13-9-21-14-6-4-3-5-12(13)14/h3-9H,1-2H3,(H,18,20)/b16-7+. The third-order valence-corrected chi connectivity index (χ3v) is 4.33. The molecule has 5 nitrogen and oxygen atoms in total. The number of amides is 1. The molecule has 0 radical (unpaired) electrons. The number of hydrogen-bond donors (Lipinski definition) is 1. The average Bonchev–Trinajstić information content (AvgIpc) is 3.05. The summed E-state index contributed by atoms with van der Waals surface area (Å²) in [6, 6.07) is 7.83. The van der Waals surface area contributed by atoms with Crippen LogP contribution in [-0.4, -0.2) is 21.9 Å². The molecule has 1 N–H and O–H groups in total. The second-order valence-corrected chi connectivity index (χ2v) is 5.56. The fraction of sp³-hybridized carbons (Fsp3) is 0.133. The molecular formula is C15H14N4OS. The quantitative estimate of drug-likeness (QED) is 0.597. The van der Waals surface area contributed by atoms with E-state index < -0.39 is 0 Å². The number of nitrogens with one attached hydrogen (secondary N) is 1. The molecule has 0 aliphatic carbocycles. The van der Waals surface area contributed by atoms with Crippen molar-refractivity contribution in [2.45, 2.75) is 6.92 Å². The van der Waals surface area contributed by atoms with E-state index in [0.717, 1.165) is 21.3 Å². The van der Waals surface area contributed by atoms with Crippen LogP contribution in [-0.2, 0) is 7.05 Å². The van der Waals surface area contributed by atoms with Gasteiger partial charge in [-0.25, -0.2) is 5.43 Å². The number of hydrogen-bond acceptors (Lipinski definition) is 4. The summed E-state index contributed by atoms with van der Waals surface area (Å²) in [4.78, 5) is 12.2. The number of carbonyl (C=O) groups excluding carboxylic acids is 1. The van der Waals surface area contributed by atoms with Crippen molar-refractivity contribution >= 4 is 33.5 Å². The van der Waals surface area contributed by atoms with Gasteiger partial charge in [-0.2, -0.15) is 10.2 Å². The van der Waals surface area contributed by atoms with E-state index in [9.17, 15) is 4.79 Å². The molecule has 1 aromatic carbocycles. The van der Waals surface area contributed by atoms with Crippen LogP contribution in [0.25, 0.3) is 10.1 Å². The topological polar surface area (TPSA) is 59.3 Å². The van der Waals surface area contributed by atoms with Crippen LogP contribution in [0.4, 0.5) is 0 Å². The van der Waals surface area contributed by atoms with Crippen LogP contribution < -0.4 is 5.43 Å². The highest BCUT2D eigenvalue weighted by molar-refractivity contribution is 7.17. The summed E-state index contributed by atoms with van der Waals surface area (Å²) in [5.74, 6) is -0.203. The van der Waals surface area contributed by atoms with E-state index >= 15 is 0 Å². The molecule has 2 aromatic heterocycles. The molecule has 0 aliphatic heterocycles. The van der Waals surface area contributed by atoms with E-state index in [-0.39, 0.29) is 5.91 Å². The van der Waals surface area contributed by atoms with Gasteiger partial charge in [-0.1, -0.05) is 18.2 Å². The summed E-state index contributed by atoms with van der Waals surface area (Å²) in [6.07, 6.45) is 3.32. The number of rotatable bonds is 3. The zero-order chi connectivity index (χ0) is 14.8. The van der Waals surface area contributed by atoms with Crippen LogP contribution in [0.3, 0.4) is 0 Å². The molecule has 106 valence electrons. The van der Waals surface area contributed by atoms with E-state index in [4.69, 9.17) is 0 Å². The summed E-state index contributed by atoms with van der Waals surface area (Å²) < 4.78 is 2.85. The lowest BCUT2D eigenvalue weighted by Crippen LogP contribution is -2.17. The molecular weight excluding hydrogens is 284 g/mol. The number of hydrazone groups is 1. The first-order chi connectivity index (χ1) is 10.2. The van der Waals surface area contributed by atoms with Crippen molar-refractivity contribution < 1.29 is 4.79 Å². The first-order valence-corrected chi connectivity index (χ1v) is 7.33. The van der Waals surface area contributed by atoms with Gasteiger partial charge in [0.15, 0.2) is 0 Å². The lowest BCUT2D eigenvalue weighted by Gasteiger charge is -1.98. The molecule has 0 unspecified atom stereocenters. The highest BCUT2D eigenvalue weighted by Gasteiger charge is 2.10. The number of fused-ring (bicyclic) bond motifs is 1. The largest absolute Gasteiger partial charge is 0.272 e. The third kappa shape index (κ3) is 2.57. The normalized spacial score (nSPS) is 11.3. The predicted octanol–water partition coefficient (Wildman–Crippen LogP) is 2.71. The molecule has 0 bridgehead atoms. The second-order valence-electron chi connectivity index (χ2n) is 4.65. The molecule has 1 amide bonds. The summed E-state index contributed by atoms with van der Waals surface area (Å²) >= 11 is 1.55. The monoisotopic (exact) mass is 298 g/mol. The Morgan fingerprint density at radius 2 is 2.24 bits per heavy atom. The molecule has 0 saturated heterocycles. The smallest absolute Gasteiger partial charge is 0.272 e. The van der Waals surface area contributed by atoms with Gasteiger partial charge in [-0.3, -0.25) is 9.48 Å². The maximum atomic E-state index is 12.2. The molecule has 0 atom stereocenters. The van der Waals surface area contributed by atoms with Gasteiger partial charge < -0.3 is 0 Å². The Balaban J connectivity index is 1.76. The minimum atomic E-state index is -0.203. The predicted molar refractivity (Wildman–Crippen MR) is 84.8 cm³/mol. The van der Waals surface area contributed by atoms with Gasteiger partial charge in [0.2, 0.25) is 0 Å². The molecule has 3 rings (SSSR count). The number of aryl methyl sites for hydroxylation is 1. The van der Waals surface area contributed by atoms with E-state index in [2.05, 4.69) is 15.6 Å². The fourth-order valence-corrected chi connectivity index (χ4v) is 2.96. The van der Waals surface area contributed by atoms with E-state index in [1.165, 1.54) is 0 Å². The summed E-state index contributed by atoms with van der Waals surface area (Å²) in [7, 11) is 1.86. The highest BCUT2D eigenvalue weighted by atomic mass is 32.1. The number of nitrogens with zero attached hydrogens (tertiary/aromatic N) is 3. The Morgan fingerprint density at radius 3 is 3.00 bits per heavy atom. The molecule has 3 aromatic rings. The number of aromatic nitrogens is 2. The van der Waals surface area contributed by atoms with Crippen molar-refractivity contribution in [1.29, 1.82) is 0 Å². The van der Waals surface area contributed by atoms with E-state index in [1.54, 1.807) is 28.4 Å². The number of thiophene rings is 1. The Hall–Kier alpha value is -2.47. The van der Waals surface area contributed by atoms with Crippen molar-refractivity contribution in [1.82, 2.24) is 15.2 Å². The first kappa shape index (κ1) is 13.5. The second kappa shape index (κ2) is 5.49. The third-order valence-electron chi connectivity index (χ3n) is 3.37. The average molecular weight is 298 g/mol.